The first kappa shape index (κ1) is 6.07. The molecule has 0 N–H and O–H groups in total. The van der Waals surface area contributed by atoms with Gasteiger partial charge in [0.1, 0.15) is 0 Å². The molecule has 0 atom stereocenters. The number of hydrogen-bond acceptors (Lipinski definition) is 3. The number of aryl methyl sites for hydroxylation is 1. The molecule has 0 radical (unpaired) electrons. The molecule has 0 bridgehead atoms. The third kappa shape index (κ3) is 1.01. The van der Waals surface area contributed by atoms with Gasteiger partial charge in [-0.25, -0.2) is 4.79 Å². The maximum atomic E-state index is 12.2. The molecule has 0 aromatic carbocycles. The molecule has 0 aliphatic rings. The first-order valence-corrected chi connectivity index (χ1v) is 2.52. The molecule has 4 heteroatoms. The van der Waals surface area contributed by atoms with Crippen molar-refractivity contribution in [3.63, 3.8) is 0 Å². The standard InChI is InChI=1S/C5H5FO3/c1-2-3-4(6)9-5(7)8-3/h2H2,1H3. The van der Waals surface area contributed by atoms with Crippen LogP contribution >= 0.6 is 0 Å². The van der Waals surface area contributed by atoms with Gasteiger partial charge in [0, 0.05) is 6.42 Å². The zero-order valence-corrected chi connectivity index (χ0v) is 4.81. The lowest BCUT2D eigenvalue weighted by atomic mass is 10.4. The minimum atomic E-state index is -0.982. The summed E-state index contributed by atoms with van der Waals surface area (Å²) in [5.41, 5.74) is 0. The van der Waals surface area contributed by atoms with Crippen molar-refractivity contribution in [2.24, 2.45) is 0 Å². The van der Waals surface area contributed by atoms with E-state index in [2.05, 4.69) is 8.83 Å². The van der Waals surface area contributed by atoms with Gasteiger partial charge in [0.05, 0.1) is 0 Å². The summed E-state index contributed by atoms with van der Waals surface area (Å²) in [6.07, 6.45) is 0.331. The molecule has 1 aromatic rings. The maximum absolute atomic E-state index is 12.2. The van der Waals surface area contributed by atoms with E-state index in [1.54, 1.807) is 6.92 Å². The molecular weight excluding hydrogens is 127 g/mol. The van der Waals surface area contributed by atoms with Crippen LogP contribution in [0.2, 0.25) is 0 Å². The highest BCUT2D eigenvalue weighted by Gasteiger charge is 2.07. The summed E-state index contributed by atoms with van der Waals surface area (Å²) in [4.78, 5) is 10.1. The molecule has 0 unspecified atom stereocenters. The normalized spacial score (nSPS) is 10.0. The fraction of sp³-hybridized carbons (Fsp3) is 0.400. The Morgan fingerprint density at radius 2 is 2.22 bits per heavy atom. The monoisotopic (exact) mass is 132 g/mol. The van der Waals surface area contributed by atoms with E-state index in [1.165, 1.54) is 0 Å². The van der Waals surface area contributed by atoms with Crippen LogP contribution in [0.4, 0.5) is 4.39 Å². The van der Waals surface area contributed by atoms with E-state index in [4.69, 9.17) is 0 Å². The summed E-state index contributed by atoms with van der Waals surface area (Å²) in [6, 6.07) is -0.914. The Morgan fingerprint density at radius 3 is 2.44 bits per heavy atom. The smallest absolute Gasteiger partial charge is 0.393 e. The van der Waals surface area contributed by atoms with Gasteiger partial charge in [-0.2, -0.15) is 4.39 Å². The second-order valence-electron chi connectivity index (χ2n) is 1.50. The Morgan fingerprint density at radius 1 is 1.56 bits per heavy atom. The minimum absolute atomic E-state index is 0.0278. The average Bonchev–Trinajstić information content (AvgIpc) is 2.10. The molecule has 0 aliphatic carbocycles. The lowest BCUT2D eigenvalue weighted by Gasteiger charge is -1.78. The lowest BCUT2D eigenvalue weighted by molar-refractivity contribution is 0.312. The van der Waals surface area contributed by atoms with Gasteiger partial charge in [0.2, 0.25) is 0 Å². The Bertz CT molecular complexity index is 247. The molecular formula is C5H5FO3. The first-order chi connectivity index (χ1) is 4.24. The van der Waals surface area contributed by atoms with Crippen molar-refractivity contribution in [3.8, 4) is 0 Å². The largest absolute Gasteiger partial charge is 0.521 e. The summed E-state index contributed by atoms with van der Waals surface area (Å²) in [7, 11) is 0. The van der Waals surface area contributed by atoms with Crippen LogP contribution in [0.25, 0.3) is 0 Å². The second kappa shape index (κ2) is 2.05. The highest BCUT2D eigenvalue weighted by atomic mass is 19.1. The number of hydrogen-bond donors (Lipinski definition) is 0. The Hall–Kier alpha value is -1.06. The van der Waals surface area contributed by atoms with Gasteiger partial charge in [0.25, 0.3) is 0 Å². The van der Waals surface area contributed by atoms with Gasteiger partial charge in [0.15, 0.2) is 5.76 Å². The second-order valence-corrected chi connectivity index (χ2v) is 1.50. The van der Waals surface area contributed by atoms with Crippen molar-refractivity contribution in [1.29, 1.82) is 0 Å². The Kier molecular flexibility index (Phi) is 1.38. The van der Waals surface area contributed by atoms with Crippen LogP contribution in [0.5, 0.6) is 0 Å². The fourth-order valence-electron chi connectivity index (χ4n) is 0.503. The topological polar surface area (TPSA) is 43.4 Å². The molecule has 0 spiro atoms. The van der Waals surface area contributed by atoms with Crippen LogP contribution in [-0.2, 0) is 6.42 Å². The van der Waals surface area contributed by atoms with Crippen LogP contribution in [0.15, 0.2) is 13.6 Å². The maximum Gasteiger partial charge on any atom is 0.521 e. The highest BCUT2D eigenvalue weighted by molar-refractivity contribution is 4.86. The first-order valence-electron chi connectivity index (χ1n) is 2.52. The zero-order chi connectivity index (χ0) is 6.85. The Labute approximate surface area is 50.1 Å². The van der Waals surface area contributed by atoms with Crippen LogP contribution < -0.4 is 5.82 Å². The molecule has 3 nitrogen and oxygen atoms in total. The van der Waals surface area contributed by atoms with Crippen LogP contribution in [0.3, 0.4) is 0 Å². The van der Waals surface area contributed by atoms with Crippen LogP contribution in [0.1, 0.15) is 12.7 Å². The molecule has 1 heterocycles. The van der Waals surface area contributed by atoms with Crippen LogP contribution in [0, 0.1) is 6.01 Å². The van der Waals surface area contributed by atoms with E-state index in [0.29, 0.717) is 6.42 Å². The third-order valence-corrected chi connectivity index (χ3v) is 0.920. The highest BCUT2D eigenvalue weighted by Crippen LogP contribution is 2.02. The summed E-state index contributed by atoms with van der Waals surface area (Å²) in [5.74, 6) is -1.01. The third-order valence-electron chi connectivity index (χ3n) is 0.920. The van der Waals surface area contributed by atoms with Gasteiger partial charge < -0.3 is 8.83 Å². The fourth-order valence-corrected chi connectivity index (χ4v) is 0.503. The van der Waals surface area contributed by atoms with Crippen molar-refractivity contribution in [1.82, 2.24) is 0 Å². The Balaban J connectivity index is 3.16. The summed E-state index contributed by atoms with van der Waals surface area (Å²) in [6.45, 7) is 1.66. The van der Waals surface area contributed by atoms with Gasteiger partial charge in [-0.05, 0) is 0 Å². The van der Waals surface area contributed by atoms with E-state index in [1.807, 2.05) is 0 Å². The van der Waals surface area contributed by atoms with Crippen molar-refractivity contribution < 1.29 is 13.2 Å². The number of rotatable bonds is 1. The van der Waals surface area contributed by atoms with Crippen molar-refractivity contribution >= 4 is 0 Å². The predicted octanol–water partition coefficient (Wildman–Crippen LogP) is 0.934. The quantitative estimate of drug-likeness (QED) is 0.571. The van der Waals surface area contributed by atoms with Gasteiger partial charge >= 0.3 is 11.8 Å². The number of halogens is 1. The predicted molar refractivity (Wildman–Crippen MR) is 26.6 cm³/mol. The van der Waals surface area contributed by atoms with Gasteiger partial charge in [-0.1, -0.05) is 6.92 Å². The van der Waals surface area contributed by atoms with E-state index in [9.17, 15) is 9.18 Å². The molecule has 50 valence electrons. The van der Waals surface area contributed by atoms with Crippen molar-refractivity contribution in [2.45, 2.75) is 13.3 Å². The molecule has 0 saturated heterocycles. The molecule has 0 saturated carbocycles. The molecule has 9 heavy (non-hydrogen) atoms. The molecule has 1 rings (SSSR count). The van der Waals surface area contributed by atoms with Gasteiger partial charge in [-0.15, -0.1) is 0 Å². The SMILES string of the molecule is CCc1oc(=O)oc1F. The summed E-state index contributed by atoms with van der Waals surface area (Å²) >= 11 is 0. The van der Waals surface area contributed by atoms with Crippen molar-refractivity contribution in [3.05, 3.63) is 22.4 Å². The molecule has 0 amide bonds. The van der Waals surface area contributed by atoms with E-state index >= 15 is 0 Å². The average molecular weight is 132 g/mol. The van der Waals surface area contributed by atoms with E-state index < -0.39 is 11.8 Å². The molecule has 0 fully saturated rings. The van der Waals surface area contributed by atoms with Crippen molar-refractivity contribution in [2.75, 3.05) is 0 Å². The minimum Gasteiger partial charge on any atom is -0.393 e. The van der Waals surface area contributed by atoms with E-state index in [0.717, 1.165) is 0 Å². The summed E-state index contributed by atoms with van der Waals surface area (Å²) in [5, 5.41) is 0. The van der Waals surface area contributed by atoms with E-state index in [-0.39, 0.29) is 5.76 Å². The lowest BCUT2D eigenvalue weighted by Crippen LogP contribution is -1.85. The molecule has 1 aromatic heterocycles. The van der Waals surface area contributed by atoms with Gasteiger partial charge in [-0.3, -0.25) is 0 Å². The zero-order valence-electron chi connectivity index (χ0n) is 4.81. The summed E-state index contributed by atoms with van der Waals surface area (Å²) < 4.78 is 20.3. The van der Waals surface area contributed by atoms with Crippen LogP contribution in [-0.4, -0.2) is 0 Å². The molecule has 0 aliphatic heterocycles.